The zero-order valence-electron chi connectivity index (χ0n) is 5.77. The summed E-state index contributed by atoms with van der Waals surface area (Å²) in [5.74, 6) is 5.27. The molecule has 0 heterocycles. The van der Waals surface area contributed by atoms with Crippen LogP contribution in [0.5, 0.6) is 0 Å². The molecule has 2 N–H and O–H groups in total. The van der Waals surface area contributed by atoms with Crippen LogP contribution in [0.3, 0.4) is 0 Å². The van der Waals surface area contributed by atoms with Crippen LogP contribution in [0.25, 0.3) is 0 Å². The van der Waals surface area contributed by atoms with Gasteiger partial charge in [-0.3, -0.25) is 0 Å². The standard InChI is InChI=1S/C7H7N3.ClH/c8-6-10(9)7-4-2-1-3-5-7;/h1-5H,9H2;1H. The van der Waals surface area contributed by atoms with Crippen molar-refractivity contribution in [2.45, 2.75) is 0 Å². The number of benzene rings is 1. The SMILES string of the molecule is Cl.N#CN(N)c1ccccc1. The summed E-state index contributed by atoms with van der Waals surface area (Å²) in [7, 11) is 0. The van der Waals surface area contributed by atoms with Crippen LogP contribution in [0.2, 0.25) is 0 Å². The van der Waals surface area contributed by atoms with E-state index in [0.29, 0.717) is 5.69 Å². The molecule has 0 atom stereocenters. The Labute approximate surface area is 71.4 Å². The van der Waals surface area contributed by atoms with E-state index in [-0.39, 0.29) is 12.4 Å². The van der Waals surface area contributed by atoms with Crippen LogP contribution in [-0.2, 0) is 0 Å². The number of hydrogen-bond donors (Lipinski definition) is 1. The molecule has 58 valence electrons. The molecule has 0 fully saturated rings. The van der Waals surface area contributed by atoms with E-state index in [9.17, 15) is 0 Å². The Morgan fingerprint density at radius 1 is 1.27 bits per heavy atom. The third-order valence-corrected chi connectivity index (χ3v) is 1.14. The molecule has 0 aliphatic carbocycles. The van der Waals surface area contributed by atoms with Crippen LogP contribution in [0.4, 0.5) is 5.69 Å². The Morgan fingerprint density at radius 3 is 2.27 bits per heavy atom. The quantitative estimate of drug-likeness (QED) is 0.298. The number of rotatable bonds is 1. The largest absolute Gasteiger partial charge is 0.234 e. The maximum atomic E-state index is 8.34. The van der Waals surface area contributed by atoms with Crippen LogP contribution in [0.15, 0.2) is 30.3 Å². The molecule has 0 spiro atoms. The second kappa shape index (κ2) is 4.56. The normalized spacial score (nSPS) is 7.64. The summed E-state index contributed by atoms with van der Waals surface area (Å²) in [6.07, 6.45) is 1.79. The van der Waals surface area contributed by atoms with Gasteiger partial charge in [0.25, 0.3) is 0 Å². The number of nitrogens with two attached hydrogens (primary N) is 1. The van der Waals surface area contributed by atoms with Crippen molar-refractivity contribution in [3.63, 3.8) is 0 Å². The topological polar surface area (TPSA) is 53.0 Å². The van der Waals surface area contributed by atoms with Gasteiger partial charge in [0.15, 0.2) is 6.19 Å². The second-order valence-corrected chi connectivity index (χ2v) is 1.81. The lowest BCUT2D eigenvalue weighted by Crippen LogP contribution is -2.24. The Morgan fingerprint density at radius 2 is 1.82 bits per heavy atom. The highest BCUT2D eigenvalue weighted by atomic mass is 35.5. The van der Waals surface area contributed by atoms with Crippen LogP contribution in [0, 0.1) is 11.5 Å². The minimum atomic E-state index is 0. The van der Waals surface area contributed by atoms with Crippen molar-refractivity contribution in [3.8, 4) is 6.19 Å². The molecular formula is C7H8ClN3. The van der Waals surface area contributed by atoms with Gasteiger partial charge in [-0.15, -0.1) is 12.4 Å². The van der Waals surface area contributed by atoms with Crippen molar-refractivity contribution in [3.05, 3.63) is 30.3 Å². The summed E-state index contributed by atoms with van der Waals surface area (Å²) >= 11 is 0. The highest BCUT2D eigenvalue weighted by molar-refractivity contribution is 5.85. The van der Waals surface area contributed by atoms with Crippen LogP contribution in [-0.4, -0.2) is 0 Å². The van der Waals surface area contributed by atoms with Crippen molar-refractivity contribution in [1.29, 1.82) is 5.26 Å². The molecule has 3 nitrogen and oxygen atoms in total. The highest BCUT2D eigenvalue weighted by Gasteiger charge is 1.94. The van der Waals surface area contributed by atoms with Gasteiger partial charge in [0.05, 0.1) is 5.69 Å². The Hall–Kier alpha value is -1.24. The molecule has 0 aromatic heterocycles. The van der Waals surface area contributed by atoms with Crippen molar-refractivity contribution >= 4 is 18.1 Å². The second-order valence-electron chi connectivity index (χ2n) is 1.81. The van der Waals surface area contributed by atoms with Gasteiger partial charge >= 0.3 is 0 Å². The molecule has 1 aromatic rings. The summed E-state index contributed by atoms with van der Waals surface area (Å²) in [6.45, 7) is 0. The molecular weight excluding hydrogens is 162 g/mol. The van der Waals surface area contributed by atoms with Gasteiger partial charge in [0, 0.05) is 0 Å². The van der Waals surface area contributed by atoms with E-state index in [2.05, 4.69) is 0 Å². The molecule has 0 saturated heterocycles. The predicted molar refractivity (Wildman–Crippen MR) is 46.0 cm³/mol. The Balaban J connectivity index is 0.000001000. The van der Waals surface area contributed by atoms with Gasteiger partial charge in [-0.25, -0.2) is 10.9 Å². The molecule has 1 rings (SSSR count). The van der Waals surface area contributed by atoms with Crippen LogP contribution >= 0.6 is 12.4 Å². The average Bonchev–Trinajstić information content (AvgIpc) is 2.05. The minimum absolute atomic E-state index is 0. The number of nitrogens with zero attached hydrogens (tertiary/aromatic N) is 2. The van der Waals surface area contributed by atoms with Gasteiger partial charge < -0.3 is 0 Å². The summed E-state index contributed by atoms with van der Waals surface area (Å²) in [6, 6.07) is 9.06. The third kappa shape index (κ3) is 2.46. The number of halogens is 1. The number of nitriles is 1. The van der Waals surface area contributed by atoms with E-state index in [1.165, 1.54) is 0 Å². The average molecular weight is 170 g/mol. The molecule has 4 heteroatoms. The van der Waals surface area contributed by atoms with Gasteiger partial charge in [-0.1, -0.05) is 18.2 Å². The molecule has 0 bridgehead atoms. The Kier molecular flexibility index (Phi) is 4.04. The first kappa shape index (κ1) is 9.76. The molecule has 0 aliphatic rings. The highest BCUT2D eigenvalue weighted by Crippen LogP contribution is 2.06. The maximum Gasteiger partial charge on any atom is 0.200 e. The third-order valence-electron chi connectivity index (χ3n) is 1.14. The first-order valence-electron chi connectivity index (χ1n) is 2.84. The van der Waals surface area contributed by atoms with Crippen LogP contribution in [0.1, 0.15) is 0 Å². The first-order chi connectivity index (χ1) is 4.84. The molecule has 0 unspecified atom stereocenters. The van der Waals surface area contributed by atoms with Crippen molar-refractivity contribution in [2.24, 2.45) is 5.84 Å². The van der Waals surface area contributed by atoms with Crippen molar-refractivity contribution in [1.82, 2.24) is 0 Å². The molecule has 0 saturated carbocycles. The summed E-state index contributed by atoms with van der Waals surface area (Å²) in [5, 5.41) is 9.35. The smallest absolute Gasteiger partial charge is 0.200 e. The zero-order valence-corrected chi connectivity index (χ0v) is 6.58. The molecule has 0 aliphatic heterocycles. The summed E-state index contributed by atoms with van der Waals surface area (Å²) in [4.78, 5) is 0. The van der Waals surface area contributed by atoms with Gasteiger partial charge in [-0.2, -0.15) is 5.26 Å². The van der Waals surface area contributed by atoms with Crippen molar-refractivity contribution in [2.75, 3.05) is 5.01 Å². The van der Waals surface area contributed by atoms with Gasteiger partial charge in [0.2, 0.25) is 0 Å². The number of para-hydroxylation sites is 1. The molecule has 0 amide bonds. The lowest BCUT2D eigenvalue weighted by atomic mass is 10.3. The summed E-state index contributed by atoms with van der Waals surface area (Å²) in [5.41, 5.74) is 0.699. The van der Waals surface area contributed by atoms with E-state index in [1.54, 1.807) is 18.3 Å². The van der Waals surface area contributed by atoms with E-state index >= 15 is 0 Å². The monoisotopic (exact) mass is 169 g/mol. The van der Waals surface area contributed by atoms with Gasteiger partial charge in [0.1, 0.15) is 0 Å². The number of hydrazine groups is 1. The molecule has 11 heavy (non-hydrogen) atoms. The first-order valence-corrected chi connectivity index (χ1v) is 2.84. The van der Waals surface area contributed by atoms with Crippen molar-refractivity contribution < 1.29 is 0 Å². The fourth-order valence-corrected chi connectivity index (χ4v) is 0.646. The van der Waals surface area contributed by atoms with Gasteiger partial charge in [-0.05, 0) is 12.1 Å². The lowest BCUT2D eigenvalue weighted by molar-refractivity contribution is 1.09. The Bertz CT molecular complexity index is 242. The van der Waals surface area contributed by atoms with Crippen LogP contribution < -0.4 is 10.9 Å². The summed E-state index contributed by atoms with van der Waals surface area (Å²) < 4.78 is 0. The lowest BCUT2D eigenvalue weighted by Gasteiger charge is -2.05. The van der Waals surface area contributed by atoms with E-state index in [1.807, 2.05) is 18.2 Å². The zero-order chi connectivity index (χ0) is 7.40. The number of hydrogen-bond acceptors (Lipinski definition) is 3. The fraction of sp³-hybridized carbons (Fsp3) is 0. The fourth-order valence-electron chi connectivity index (χ4n) is 0.646. The van der Waals surface area contributed by atoms with E-state index < -0.39 is 0 Å². The minimum Gasteiger partial charge on any atom is -0.234 e. The molecule has 1 aromatic carbocycles. The predicted octanol–water partition coefficient (Wildman–Crippen LogP) is 1.27. The maximum absolute atomic E-state index is 8.34. The van der Waals surface area contributed by atoms with E-state index in [4.69, 9.17) is 11.1 Å². The molecule has 0 radical (unpaired) electrons. The van der Waals surface area contributed by atoms with E-state index in [0.717, 1.165) is 5.01 Å². The number of anilines is 1.